The van der Waals surface area contributed by atoms with Gasteiger partial charge in [0.15, 0.2) is 0 Å². The molecule has 0 aromatic carbocycles. The third-order valence-corrected chi connectivity index (χ3v) is 2.63. The molecule has 6 nitrogen and oxygen atoms in total. The zero-order valence-electron chi connectivity index (χ0n) is 10.5. The van der Waals surface area contributed by atoms with Crippen LogP contribution in [0.1, 0.15) is 26.7 Å². The fraction of sp³-hybridized carbons (Fsp3) is 0.727. The van der Waals surface area contributed by atoms with E-state index in [1.54, 1.807) is 17.1 Å². The van der Waals surface area contributed by atoms with Crippen LogP contribution in [0, 0.1) is 0 Å². The number of amides is 1. The normalized spacial score (nSPS) is 10.8. The number of aromatic nitrogens is 3. The van der Waals surface area contributed by atoms with Gasteiger partial charge in [0.1, 0.15) is 0 Å². The van der Waals surface area contributed by atoms with Crippen molar-refractivity contribution < 1.29 is 4.79 Å². The molecule has 0 fully saturated rings. The summed E-state index contributed by atoms with van der Waals surface area (Å²) >= 11 is 0. The fourth-order valence-corrected chi connectivity index (χ4v) is 1.52. The van der Waals surface area contributed by atoms with Crippen molar-refractivity contribution in [1.29, 1.82) is 0 Å². The molecule has 1 amide bonds. The van der Waals surface area contributed by atoms with Crippen molar-refractivity contribution in [2.45, 2.75) is 39.3 Å². The van der Waals surface area contributed by atoms with Gasteiger partial charge < -0.3 is 10.6 Å². The minimum atomic E-state index is 0.0530. The Hall–Kier alpha value is -1.43. The number of hydrogen-bond donors (Lipinski definition) is 2. The second kappa shape index (κ2) is 7.78. The van der Waals surface area contributed by atoms with Gasteiger partial charge in [-0.2, -0.15) is 0 Å². The van der Waals surface area contributed by atoms with Gasteiger partial charge >= 0.3 is 0 Å². The van der Waals surface area contributed by atoms with Crippen LogP contribution in [0.3, 0.4) is 0 Å². The van der Waals surface area contributed by atoms with Gasteiger partial charge in [0.25, 0.3) is 0 Å². The topological polar surface area (TPSA) is 71.8 Å². The molecule has 0 aliphatic rings. The van der Waals surface area contributed by atoms with Gasteiger partial charge in [-0.25, -0.2) is 0 Å². The van der Waals surface area contributed by atoms with Crippen LogP contribution < -0.4 is 10.6 Å². The third kappa shape index (κ3) is 5.44. The summed E-state index contributed by atoms with van der Waals surface area (Å²) < 4.78 is 1.73. The Kier molecular flexibility index (Phi) is 6.24. The van der Waals surface area contributed by atoms with Crippen molar-refractivity contribution in [3.63, 3.8) is 0 Å². The molecule has 1 rings (SSSR count). The molecule has 1 aromatic rings. The van der Waals surface area contributed by atoms with E-state index in [9.17, 15) is 4.79 Å². The van der Waals surface area contributed by atoms with E-state index in [1.165, 1.54) is 0 Å². The first-order valence-corrected chi connectivity index (χ1v) is 6.10. The summed E-state index contributed by atoms with van der Waals surface area (Å²) in [6.07, 6.45) is 5.38. The van der Waals surface area contributed by atoms with Crippen LogP contribution in [0.2, 0.25) is 0 Å². The lowest BCUT2D eigenvalue weighted by atomic mass is 10.2. The second-order valence-electron chi connectivity index (χ2n) is 3.92. The van der Waals surface area contributed by atoms with E-state index in [0.717, 1.165) is 19.4 Å². The van der Waals surface area contributed by atoms with Crippen molar-refractivity contribution in [3.05, 3.63) is 12.4 Å². The molecule has 0 saturated heterocycles. The highest BCUT2D eigenvalue weighted by molar-refractivity contribution is 5.78. The van der Waals surface area contributed by atoms with Gasteiger partial charge in [0, 0.05) is 18.8 Å². The van der Waals surface area contributed by atoms with Gasteiger partial charge in [-0.1, -0.05) is 19.1 Å². The maximum absolute atomic E-state index is 11.5. The number of carbonyl (C=O) groups is 1. The summed E-state index contributed by atoms with van der Waals surface area (Å²) in [7, 11) is 0. The Balaban J connectivity index is 2.07. The van der Waals surface area contributed by atoms with Crippen molar-refractivity contribution in [1.82, 2.24) is 25.6 Å². The van der Waals surface area contributed by atoms with Crippen LogP contribution in [0.25, 0.3) is 0 Å². The average Bonchev–Trinajstić information content (AvgIpc) is 2.84. The highest BCUT2D eigenvalue weighted by Crippen LogP contribution is 1.94. The van der Waals surface area contributed by atoms with Gasteiger partial charge in [-0.3, -0.25) is 9.48 Å². The van der Waals surface area contributed by atoms with Gasteiger partial charge in [0.2, 0.25) is 5.91 Å². The molecule has 1 aromatic heterocycles. The maximum Gasteiger partial charge on any atom is 0.234 e. The van der Waals surface area contributed by atoms with E-state index in [1.807, 2.05) is 0 Å². The maximum atomic E-state index is 11.5. The minimum absolute atomic E-state index is 0.0530. The van der Waals surface area contributed by atoms with Crippen LogP contribution in [0.15, 0.2) is 12.4 Å². The summed E-state index contributed by atoms with van der Waals surface area (Å²) in [6, 6.07) is 0.291. The molecule has 6 heteroatoms. The van der Waals surface area contributed by atoms with Crippen LogP contribution in [-0.2, 0) is 11.3 Å². The molecule has 0 bridgehead atoms. The number of hydrogen-bond acceptors (Lipinski definition) is 4. The first kappa shape index (κ1) is 13.6. The standard InChI is InChI=1S/C11H21N5O/c1-3-10(4-2)14-11(17)9-12-5-7-16-8-6-13-15-16/h6,8,10,12H,3-5,7,9H2,1-2H3,(H,14,17). The zero-order valence-corrected chi connectivity index (χ0v) is 10.5. The fourth-order valence-electron chi connectivity index (χ4n) is 1.52. The molecule has 0 atom stereocenters. The third-order valence-electron chi connectivity index (χ3n) is 2.63. The summed E-state index contributed by atoms with van der Waals surface area (Å²) in [5.41, 5.74) is 0. The Morgan fingerprint density at radius 2 is 2.18 bits per heavy atom. The van der Waals surface area contributed by atoms with Crippen LogP contribution >= 0.6 is 0 Å². The predicted octanol–water partition coefficient (Wildman–Crippen LogP) is 0.173. The number of nitrogens with one attached hydrogen (secondary N) is 2. The molecular formula is C11H21N5O. The number of rotatable bonds is 8. The van der Waals surface area contributed by atoms with E-state index in [2.05, 4.69) is 34.8 Å². The van der Waals surface area contributed by atoms with Crippen molar-refractivity contribution in [2.24, 2.45) is 0 Å². The molecule has 0 aliphatic heterocycles. The van der Waals surface area contributed by atoms with Crippen LogP contribution in [-0.4, -0.2) is 40.0 Å². The Labute approximate surface area is 102 Å². The number of carbonyl (C=O) groups excluding carboxylic acids is 1. The zero-order chi connectivity index (χ0) is 12.5. The highest BCUT2D eigenvalue weighted by atomic mass is 16.1. The quantitative estimate of drug-likeness (QED) is 0.634. The molecule has 0 radical (unpaired) electrons. The molecule has 0 spiro atoms. The summed E-state index contributed by atoms with van der Waals surface area (Å²) in [5.74, 6) is 0.0530. The Morgan fingerprint density at radius 1 is 1.41 bits per heavy atom. The lowest BCUT2D eigenvalue weighted by Gasteiger charge is -2.14. The minimum Gasteiger partial charge on any atom is -0.352 e. The molecular weight excluding hydrogens is 218 g/mol. The van der Waals surface area contributed by atoms with Gasteiger partial charge in [-0.05, 0) is 12.8 Å². The predicted molar refractivity (Wildman–Crippen MR) is 65.4 cm³/mol. The molecule has 0 unspecified atom stereocenters. The molecule has 0 aliphatic carbocycles. The summed E-state index contributed by atoms with van der Waals surface area (Å²) in [6.45, 7) is 5.93. The summed E-state index contributed by atoms with van der Waals surface area (Å²) in [4.78, 5) is 11.5. The lowest BCUT2D eigenvalue weighted by Crippen LogP contribution is -2.40. The molecule has 96 valence electrons. The molecule has 0 saturated carbocycles. The van der Waals surface area contributed by atoms with Crippen molar-refractivity contribution >= 4 is 5.91 Å². The molecule has 17 heavy (non-hydrogen) atoms. The Bertz CT molecular complexity index is 308. The average molecular weight is 239 g/mol. The number of nitrogens with zero attached hydrogens (tertiary/aromatic N) is 3. The summed E-state index contributed by atoms with van der Waals surface area (Å²) in [5, 5.41) is 13.6. The van der Waals surface area contributed by atoms with E-state index in [4.69, 9.17) is 0 Å². The first-order valence-electron chi connectivity index (χ1n) is 6.10. The van der Waals surface area contributed by atoms with Crippen LogP contribution in [0.4, 0.5) is 0 Å². The van der Waals surface area contributed by atoms with Gasteiger partial charge in [0.05, 0.1) is 19.3 Å². The monoisotopic (exact) mass is 239 g/mol. The molecule has 2 N–H and O–H groups in total. The van der Waals surface area contributed by atoms with E-state index < -0.39 is 0 Å². The largest absolute Gasteiger partial charge is 0.352 e. The van der Waals surface area contributed by atoms with Crippen molar-refractivity contribution in [2.75, 3.05) is 13.1 Å². The highest BCUT2D eigenvalue weighted by Gasteiger charge is 2.07. The SMILES string of the molecule is CCC(CC)NC(=O)CNCCn1ccnn1. The Morgan fingerprint density at radius 3 is 2.76 bits per heavy atom. The van der Waals surface area contributed by atoms with Gasteiger partial charge in [-0.15, -0.1) is 5.10 Å². The first-order chi connectivity index (χ1) is 8.26. The van der Waals surface area contributed by atoms with E-state index in [-0.39, 0.29) is 5.91 Å². The smallest absolute Gasteiger partial charge is 0.234 e. The van der Waals surface area contributed by atoms with E-state index in [0.29, 0.717) is 19.1 Å². The lowest BCUT2D eigenvalue weighted by molar-refractivity contribution is -0.121. The molecule has 1 heterocycles. The van der Waals surface area contributed by atoms with Crippen LogP contribution in [0.5, 0.6) is 0 Å². The second-order valence-corrected chi connectivity index (χ2v) is 3.92. The van der Waals surface area contributed by atoms with Crippen molar-refractivity contribution in [3.8, 4) is 0 Å². The van der Waals surface area contributed by atoms with E-state index >= 15 is 0 Å².